The molecule has 0 unspecified atom stereocenters. The first-order chi connectivity index (χ1) is 12.7. The highest BCUT2D eigenvalue weighted by atomic mass is 19.2. The highest BCUT2D eigenvalue weighted by molar-refractivity contribution is 6.03. The molecule has 0 bridgehead atoms. The summed E-state index contributed by atoms with van der Waals surface area (Å²) in [6.45, 7) is 10.2. The molecule has 1 atom stereocenters. The van der Waals surface area contributed by atoms with E-state index >= 15 is 0 Å². The predicted molar refractivity (Wildman–Crippen MR) is 98.5 cm³/mol. The number of fused-ring (bicyclic) bond motifs is 1. The molecule has 5 nitrogen and oxygen atoms in total. The first kappa shape index (κ1) is 18.7. The summed E-state index contributed by atoms with van der Waals surface area (Å²) in [5, 5.41) is 13.2. The van der Waals surface area contributed by atoms with Crippen LogP contribution in [0.2, 0.25) is 0 Å². The number of amides is 1. The third-order valence-electron chi connectivity index (χ3n) is 4.41. The second-order valence-electron chi connectivity index (χ2n) is 6.77. The Morgan fingerprint density at radius 1 is 1.33 bits per heavy atom. The molecule has 2 N–H and O–H groups in total. The second kappa shape index (κ2) is 6.89. The zero-order valence-corrected chi connectivity index (χ0v) is 14.8. The maximum atomic E-state index is 13.3. The van der Waals surface area contributed by atoms with Crippen LogP contribution in [0, 0.1) is 25.1 Å². The minimum absolute atomic E-state index is 0.0735. The molecule has 0 spiro atoms. The van der Waals surface area contributed by atoms with Crippen molar-refractivity contribution in [1.82, 2.24) is 0 Å². The van der Waals surface area contributed by atoms with Gasteiger partial charge in [-0.1, -0.05) is 6.07 Å². The van der Waals surface area contributed by atoms with Gasteiger partial charge in [0, 0.05) is 30.3 Å². The molecule has 0 aliphatic carbocycles. The van der Waals surface area contributed by atoms with Gasteiger partial charge in [-0.2, -0.15) is 0 Å². The summed E-state index contributed by atoms with van der Waals surface area (Å²) in [4.78, 5) is 20.0. The predicted octanol–water partition coefficient (Wildman–Crippen LogP) is 4.23. The summed E-state index contributed by atoms with van der Waals surface area (Å²) in [5.41, 5.74) is 1.20. The molecule has 0 fully saturated rings. The molecular formula is C20H17F2N3O2. The zero-order valence-electron chi connectivity index (χ0n) is 14.8. The van der Waals surface area contributed by atoms with Gasteiger partial charge in [0.15, 0.2) is 17.3 Å². The lowest BCUT2D eigenvalue weighted by Gasteiger charge is -2.22. The van der Waals surface area contributed by atoms with E-state index in [2.05, 4.69) is 15.2 Å². The molecule has 2 aromatic carbocycles. The van der Waals surface area contributed by atoms with Crippen LogP contribution < -0.4 is 5.32 Å². The lowest BCUT2D eigenvalue weighted by atomic mass is 9.95. The van der Waals surface area contributed by atoms with E-state index in [0.29, 0.717) is 33.9 Å². The quantitative estimate of drug-likeness (QED) is 0.792. The van der Waals surface area contributed by atoms with Gasteiger partial charge in [-0.3, -0.25) is 9.79 Å². The molecule has 0 saturated heterocycles. The van der Waals surface area contributed by atoms with Crippen LogP contribution in [-0.2, 0) is 11.2 Å². The van der Waals surface area contributed by atoms with Gasteiger partial charge >= 0.3 is 0 Å². The Labute approximate surface area is 155 Å². The largest absolute Gasteiger partial charge is 0.380 e. The van der Waals surface area contributed by atoms with Crippen LogP contribution in [0.4, 0.5) is 25.8 Å². The van der Waals surface area contributed by atoms with Crippen LogP contribution >= 0.6 is 0 Å². The van der Waals surface area contributed by atoms with Crippen molar-refractivity contribution in [3.63, 3.8) is 0 Å². The van der Waals surface area contributed by atoms with E-state index in [4.69, 9.17) is 6.57 Å². The fourth-order valence-electron chi connectivity index (χ4n) is 2.96. The van der Waals surface area contributed by atoms with Crippen molar-refractivity contribution in [2.24, 2.45) is 4.99 Å². The molecule has 1 amide bonds. The molecule has 2 aromatic rings. The summed E-state index contributed by atoms with van der Waals surface area (Å²) < 4.78 is 26.7. The average Bonchev–Trinajstić information content (AvgIpc) is 2.95. The van der Waals surface area contributed by atoms with E-state index in [1.54, 1.807) is 25.1 Å². The molecule has 1 aliphatic rings. The number of hydrogen-bond acceptors (Lipinski definition) is 3. The van der Waals surface area contributed by atoms with Crippen LogP contribution in [0.1, 0.15) is 24.5 Å². The highest BCUT2D eigenvalue weighted by Gasteiger charge is 2.33. The van der Waals surface area contributed by atoms with Gasteiger partial charge in [-0.05, 0) is 43.2 Å². The lowest BCUT2D eigenvalue weighted by Crippen LogP contribution is -2.42. The summed E-state index contributed by atoms with van der Waals surface area (Å²) in [7, 11) is 0. The number of nitrogens with one attached hydrogen (secondary N) is 1. The Kier molecular flexibility index (Phi) is 4.77. The first-order valence-corrected chi connectivity index (χ1v) is 8.26. The Morgan fingerprint density at radius 3 is 2.70 bits per heavy atom. The van der Waals surface area contributed by atoms with Crippen LogP contribution in [-0.4, -0.2) is 22.3 Å². The van der Waals surface area contributed by atoms with Gasteiger partial charge in [0.1, 0.15) is 5.60 Å². The van der Waals surface area contributed by atoms with E-state index in [9.17, 15) is 18.7 Å². The number of aliphatic hydroxyl groups is 1. The molecule has 7 heteroatoms. The van der Waals surface area contributed by atoms with Gasteiger partial charge in [0.05, 0.1) is 12.3 Å². The minimum Gasteiger partial charge on any atom is -0.380 e. The van der Waals surface area contributed by atoms with Crippen molar-refractivity contribution < 1.29 is 18.7 Å². The van der Waals surface area contributed by atoms with Crippen molar-refractivity contribution in [3.8, 4) is 0 Å². The number of anilines is 1. The number of carbonyl (C=O) groups is 1. The van der Waals surface area contributed by atoms with E-state index in [1.807, 2.05) is 0 Å². The van der Waals surface area contributed by atoms with E-state index in [1.165, 1.54) is 6.92 Å². The van der Waals surface area contributed by atoms with Crippen LogP contribution in [0.15, 0.2) is 35.3 Å². The molecule has 0 saturated carbocycles. The molecular weight excluding hydrogens is 352 g/mol. The monoisotopic (exact) mass is 369 g/mol. The van der Waals surface area contributed by atoms with Crippen molar-refractivity contribution in [1.29, 1.82) is 0 Å². The summed E-state index contributed by atoms with van der Waals surface area (Å²) in [6, 6.07) is 6.91. The number of aliphatic imine (C=N–C) groups is 1. The van der Waals surface area contributed by atoms with Crippen molar-refractivity contribution in [3.05, 3.63) is 64.5 Å². The van der Waals surface area contributed by atoms with E-state index < -0.39 is 23.1 Å². The fraction of sp³-hybridized carbons (Fsp3) is 0.250. The van der Waals surface area contributed by atoms with E-state index in [-0.39, 0.29) is 12.8 Å². The number of rotatable bonds is 4. The Hall–Kier alpha value is -3.11. The SMILES string of the molecule is [C-]#[N+]c1ccc(NC(=O)[C@@](C)(O)CC2=Nc3cc(F)c(F)cc3C2)cc1C. The topological polar surface area (TPSA) is 66.0 Å². The summed E-state index contributed by atoms with van der Waals surface area (Å²) >= 11 is 0. The zero-order chi connectivity index (χ0) is 19.8. The molecule has 1 aliphatic heterocycles. The Balaban J connectivity index is 1.71. The molecule has 0 radical (unpaired) electrons. The van der Waals surface area contributed by atoms with Gasteiger partial charge in [-0.15, -0.1) is 0 Å². The molecule has 3 rings (SSSR count). The third kappa shape index (κ3) is 3.86. The van der Waals surface area contributed by atoms with Gasteiger partial charge in [-0.25, -0.2) is 13.6 Å². The van der Waals surface area contributed by atoms with Crippen LogP contribution in [0.3, 0.4) is 0 Å². The number of benzene rings is 2. The second-order valence-corrected chi connectivity index (χ2v) is 6.77. The molecule has 138 valence electrons. The van der Waals surface area contributed by atoms with Gasteiger partial charge < -0.3 is 10.4 Å². The van der Waals surface area contributed by atoms with Crippen LogP contribution in [0.5, 0.6) is 0 Å². The normalized spacial score (nSPS) is 14.7. The van der Waals surface area contributed by atoms with Crippen molar-refractivity contribution >= 4 is 28.7 Å². The van der Waals surface area contributed by atoms with Crippen LogP contribution in [0.25, 0.3) is 4.85 Å². The fourth-order valence-corrected chi connectivity index (χ4v) is 2.96. The number of nitrogens with zero attached hydrogens (tertiary/aromatic N) is 2. The Morgan fingerprint density at radius 2 is 2.04 bits per heavy atom. The van der Waals surface area contributed by atoms with Crippen molar-refractivity contribution in [2.75, 3.05) is 5.32 Å². The third-order valence-corrected chi connectivity index (χ3v) is 4.41. The number of carbonyl (C=O) groups excluding carboxylic acids is 1. The van der Waals surface area contributed by atoms with Gasteiger partial charge in [0.25, 0.3) is 5.91 Å². The standard InChI is InChI=1S/C20H17F2N3O2/c1-11-6-13(4-5-17(11)23-3)25-19(26)20(2,27)10-14-7-12-8-15(21)16(22)9-18(12)24-14/h4-6,8-9,27H,7,10H2,1-2H3,(H,25,26)/t20-/m0/s1. The summed E-state index contributed by atoms with van der Waals surface area (Å²) in [5.74, 6) is -2.57. The Bertz CT molecular complexity index is 1010. The van der Waals surface area contributed by atoms with Crippen molar-refractivity contribution in [2.45, 2.75) is 32.3 Å². The van der Waals surface area contributed by atoms with Gasteiger partial charge in [0.2, 0.25) is 0 Å². The van der Waals surface area contributed by atoms with E-state index in [0.717, 1.165) is 12.1 Å². The first-order valence-electron chi connectivity index (χ1n) is 8.26. The number of aryl methyl sites for hydroxylation is 1. The molecule has 1 heterocycles. The smallest absolute Gasteiger partial charge is 0.256 e. The molecule has 27 heavy (non-hydrogen) atoms. The lowest BCUT2D eigenvalue weighted by molar-refractivity contribution is -0.131. The minimum atomic E-state index is -1.76. The molecule has 0 aromatic heterocycles. The maximum Gasteiger partial charge on any atom is 0.256 e. The maximum absolute atomic E-state index is 13.3. The average molecular weight is 369 g/mol. The highest BCUT2D eigenvalue weighted by Crippen LogP contribution is 2.31. The summed E-state index contributed by atoms with van der Waals surface area (Å²) in [6.07, 6.45) is 0.171. The number of halogens is 2. The number of hydrogen-bond donors (Lipinski definition) is 2.